The van der Waals surface area contributed by atoms with Crippen molar-refractivity contribution in [1.82, 2.24) is 15.1 Å². The molecule has 0 aliphatic rings. The molecule has 2 aromatic carbocycles. The van der Waals surface area contributed by atoms with Crippen LogP contribution in [0.25, 0.3) is 16.9 Å². The average molecular weight is 417 g/mol. The molecule has 0 aliphatic carbocycles. The van der Waals surface area contributed by atoms with Gasteiger partial charge in [0.15, 0.2) is 0 Å². The zero-order valence-electron chi connectivity index (χ0n) is 16.6. The van der Waals surface area contributed by atoms with Crippen molar-refractivity contribution in [1.29, 1.82) is 0 Å². The number of para-hydroxylation sites is 1. The molecule has 1 amide bonds. The number of rotatable bonds is 7. The van der Waals surface area contributed by atoms with Crippen LogP contribution in [0.15, 0.2) is 60.8 Å². The lowest BCUT2D eigenvalue weighted by molar-refractivity contribution is -0.126. The van der Waals surface area contributed by atoms with Crippen LogP contribution in [0.2, 0.25) is 0 Å². The van der Waals surface area contributed by atoms with E-state index in [1.165, 1.54) is 12.1 Å². The second kappa shape index (κ2) is 9.67. The second-order valence-corrected chi connectivity index (χ2v) is 7.14. The smallest absolute Gasteiger partial charge is 0.240 e. The maximum Gasteiger partial charge on any atom is 0.240 e. The Morgan fingerprint density at radius 2 is 1.83 bits per heavy atom. The Bertz CT molecular complexity index is 939. The van der Waals surface area contributed by atoms with E-state index in [0.29, 0.717) is 12.1 Å². The summed E-state index contributed by atoms with van der Waals surface area (Å²) < 4.78 is 15.1. The van der Waals surface area contributed by atoms with E-state index in [2.05, 4.69) is 10.4 Å². The van der Waals surface area contributed by atoms with Gasteiger partial charge in [0.1, 0.15) is 5.82 Å². The third-order valence-corrected chi connectivity index (χ3v) is 4.66. The number of hydrogen-bond donors (Lipinski definition) is 2. The number of benzene rings is 2. The van der Waals surface area contributed by atoms with Crippen LogP contribution < -0.4 is 11.1 Å². The molecule has 3 aromatic rings. The van der Waals surface area contributed by atoms with Gasteiger partial charge >= 0.3 is 0 Å². The van der Waals surface area contributed by atoms with Crippen LogP contribution in [0.4, 0.5) is 4.39 Å². The largest absolute Gasteiger partial charge is 0.350 e. The molecule has 1 unspecified atom stereocenters. The summed E-state index contributed by atoms with van der Waals surface area (Å²) in [5.41, 5.74) is 8.41. The molecule has 0 aliphatic heterocycles. The fourth-order valence-electron chi connectivity index (χ4n) is 3.11. The summed E-state index contributed by atoms with van der Waals surface area (Å²) >= 11 is 0. The maximum atomic E-state index is 13.3. The van der Waals surface area contributed by atoms with Crippen molar-refractivity contribution in [3.63, 3.8) is 0 Å². The molecule has 3 rings (SSSR count). The molecule has 7 heteroatoms. The highest BCUT2D eigenvalue weighted by molar-refractivity contribution is 5.86. The van der Waals surface area contributed by atoms with Crippen molar-refractivity contribution in [3.8, 4) is 16.9 Å². The van der Waals surface area contributed by atoms with Crippen LogP contribution in [-0.4, -0.2) is 21.2 Å². The lowest BCUT2D eigenvalue weighted by Gasteiger charge is -2.22. The average Bonchev–Trinajstić information content (AvgIpc) is 3.11. The first kappa shape index (κ1) is 22.6. The van der Waals surface area contributed by atoms with Gasteiger partial charge in [-0.1, -0.05) is 31.5 Å². The predicted octanol–water partition coefficient (Wildman–Crippen LogP) is 4.23. The summed E-state index contributed by atoms with van der Waals surface area (Å²) in [5, 5.41) is 7.59. The molecule has 0 radical (unpaired) electrons. The number of carbonyl (C=O) groups is 1. The van der Waals surface area contributed by atoms with Gasteiger partial charge in [-0.15, -0.1) is 12.4 Å². The van der Waals surface area contributed by atoms with Crippen molar-refractivity contribution in [2.24, 2.45) is 5.73 Å². The second-order valence-electron chi connectivity index (χ2n) is 7.14. The number of nitrogens with two attached hydrogens (primary N) is 1. The summed E-state index contributed by atoms with van der Waals surface area (Å²) in [5.74, 6) is -0.508. The van der Waals surface area contributed by atoms with Gasteiger partial charge in [0.05, 0.1) is 16.9 Å². The zero-order valence-corrected chi connectivity index (χ0v) is 17.4. The molecule has 5 nitrogen and oxygen atoms in total. The molecule has 3 N–H and O–H groups in total. The number of hydrogen-bond acceptors (Lipinski definition) is 3. The Labute approximate surface area is 176 Å². The highest BCUT2D eigenvalue weighted by Crippen LogP contribution is 2.24. The zero-order chi connectivity index (χ0) is 20.1. The van der Waals surface area contributed by atoms with E-state index in [0.717, 1.165) is 23.2 Å². The first-order chi connectivity index (χ1) is 13.4. The minimum Gasteiger partial charge on any atom is -0.350 e. The quantitative estimate of drug-likeness (QED) is 0.605. The van der Waals surface area contributed by atoms with E-state index in [1.807, 2.05) is 43.5 Å². The third-order valence-electron chi connectivity index (χ3n) is 4.66. The Morgan fingerprint density at radius 3 is 2.45 bits per heavy atom. The number of nitrogens with one attached hydrogen (secondary N) is 1. The lowest BCUT2D eigenvalue weighted by Crippen LogP contribution is -2.51. The summed E-state index contributed by atoms with van der Waals surface area (Å²) in [6.45, 7) is 4.02. The molecule has 0 bridgehead atoms. The summed E-state index contributed by atoms with van der Waals surface area (Å²) in [7, 11) is 0. The van der Waals surface area contributed by atoms with Gasteiger partial charge < -0.3 is 11.1 Å². The molecule has 0 fully saturated rings. The summed E-state index contributed by atoms with van der Waals surface area (Å²) in [4.78, 5) is 12.5. The number of amides is 1. The normalized spacial score (nSPS) is 12.7. The standard InChI is InChI=1S/C22H25FN4O.ClH/c1-3-13-22(2,24)21(28)25-14-17-15-27(19-7-5-4-6-8-19)26-20(17)16-9-11-18(23)12-10-16;/h4-12,15H,3,13-14,24H2,1-2H3,(H,25,28);1H. The minimum absolute atomic E-state index is 0. The Hall–Kier alpha value is -2.70. The van der Waals surface area contributed by atoms with E-state index >= 15 is 0 Å². The van der Waals surface area contributed by atoms with E-state index in [-0.39, 0.29) is 30.7 Å². The number of halogens is 2. The van der Waals surface area contributed by atoms with Crippen LogP contribution in [0, 0.1) is 5.82 Å². The molecule has 154 valence electrons. The Morgan fingerprint density at radius 1 is 1.17 bits per heavy atom. The first-order valence-electron chi connectivity index (χ1n) is 9.38. The summed E-state index contributed by atoms with van der Waals surface area (Å²) in [6, 6.07) is 15.9. The van der Waals surface area contributed by atoms with Crippen LogP contribution >= 0.6 is 12.4 Å². The van der Waals surface area contributed by atoms with E-state index in [4.69, 9.17) is 5.73 Å². The molecular weight excluding hydrogens is 391 g/mol. The monoisotopic (exact) mass is 416 g/mol. The van der Waals surface area contributed by atoms with Gasteiger partial charge in [-0.25, -0.2) is 9.07 Å². The van der Waals surface area contributed by atoms with Gasteiger partial charge in [0.25, 0.3) is 0 Å². The molecule has 0 spiro atoms. The van der Waals surface area contributed by atoms with Gasteiger partial charge in [-0.2, -0.15) is 5.10 Å². The van der Waals surface area contributed by atoms with Crippen molar-refractivity contribution in [3.05, 3.63) is 72.2 Å². The van der Waals surface area contributed by atoms with Crippen molar-refractivity contribution >= 4 is 18.3 Å². The van der Waals surface area contributed by atoms with Crippen LogP contribution in [0.5, 0.6) is 0 Å². The maximum absolute atomic E-state index is 13.3. The van der Waals surface area contributed by atoms with Crippen molar-refractivity contribution in [2.75, 3.05) is 0 Å². The molecular formula is C22H26ClFN4O. The predicted molar refractivity (Wildman–Crippen MR) is 116 cm³/mol. The molecule has 29 heavy (non-hydrogen) atoms. The van der Waals surface area contributed by atoms with E-state index in [1.54, 1.807) is 23.7 Å². The lowest BCUT2D eigenvalue weighted by atomic mass is 9.96. The highest BCUT2D eigenvalue weighted by Gasteiger charge is 2.27. The van der Waals surface area contributed by atoms with Crippen LogP contribution in [-0.2, 0) is 11.3 Å². The number of carbonyl (C=O) groups excluding carboxylic acids is 1. The molecule has 0 saturated carbocycles. The van der Waals surface area contributed by atoms with Gasteiger partial charge in [0, 0.05) is 23.9 Å². The molecule has 1 aromatic heterocycles. The topological polar surface area (TPSA) is 72.9 Å². The molecule has 0 saturated heterocycles. The van der Waals surface area contributed by atoms with Gasteiger partial charge in [-0.3, -0.25) is 4.79 Å². The van der Waals surface area contributed by atoms with E-state index in [9.17, 15) is 9.18 Å². The highest BCUT2D eigenvalue weighted by atomic mass is 35.5. The van der Waals surface area contributed by atoms with E-state index < -0.39 is 5.54 Å². The van der Waals surface area contributed by atoms with Crippen LogP contribution in [0.1, 0.15) is 32.3 Å². The van der Waals surface area contributed by atoms with Crippen LogP contribution in [0.3, 0.4) is 0 Å². The molecule has 1 atom stereocenters. The fraction of sp³-hybridized carbons (Fsp3) is 0.273. The SMILES string of the molecule is CCCC(C)(N)C(=O)NCc1cn(-c2ccccc2)nc1-c1ccc(F)cc1.Cl. The minimum atomic E-state index is -0.916. The van der Waals surface area contributed by atoms with Crippen molar-refractivity contribution < 1.29 is 9.18 Å². The van der Waals surface area contributed by atoms with Gasteiger partial charge in [0.2, 0.25) is 5.91 Å². The third kappa shape index (κ3) is 5.43. The fourth-order valence-corrected chi connectivity index (χ4v) is 3.11. The van der Waals surface area contributed by atoms with Crippen molar-refractivity contribution in [2.45, 2.75) is 38.8 Å². The molecule has 1 heterocycles. The first-order valence-corrected chi connectivity index (χ1v) is 9.38. The summed E-state index contributed by atoms with van der Waals surface area (Å²) in [6.07, 6.45) is 3.31. The number of aromatic nitrogens is 2. The van der Waals surface area contributed by atoms with Gasteiger partial charge in [-0.05, 0) is 49.7 Å². The number of nitrogens with zero attached hydrogens (tertiary/aromatic N) is 2. The Balaban J connectivity index is 0.00000300. The Kier molecular flexibility index (Phi) is 7.53.